The minimum absolute atomic E-state index is 0.139. The van der Waals surface area contributed by atoms with Gasteiger partial charge in [-0.15, -0.1) is 13.2 Å². The number of esters is 2. The largest absolute Gasteiger partial charge is 0.458 e. The SMILES string of the molecule is C=CCC=CCOC(=O)c1ccccc1C(=O)OCC=CCC=C. The predicted molar refractivity (Wildman–Crippen MR) is 94.9 cm³/mol. The average molecular weight is 326 g/mol. The highest BCUT2D eigenvalue weighted by molar-refractivity contribution is 6.03. The number of rotatable bonds is 10. The van der Waals surface area contributed by atoms with Gasteiger partial charge in [-0.05, 0) is 25.0 Å². The maximum absolute atomic E-state index is 12.1. The van der Waals surface area contributed by atoms with Gasteiger partial charge in [0.25, 0.3) is 0 Å². The minimum Gasteiger partial charge on any atom is -0.458 e. The molecule has 0 aliphatic rings. The first-order valence-corrected chi connectivity index (χ1v) is 7.65. The molecule has 0 heterocycles. The number of carbonyl (C=O) groups is 2. The molecule has 24 heavy (non-hydrogen) atoms. The Morgan fingerprint density at radius 2 is 1.21 bits per heavy atom. The van der Waals surface area contributed by atoms with Gasteiger partial charge in [-0.2, -0.15) is 0 Å². The van der Waals surface area contributed by atoms with Crippen molar-refractivity contribution in [1.29, 1.82) is 0 Å². The first-order chi connectivity index (χ1) is 11.7. The van der Waals surface area contributed by atoms with Gasteiger partial charge in [0, 0.05) is 0 Å². The van der Waals surface area contributed by atoms with Crippen molar-refractivity contribution in [2.45, 2.75) is 12.8 Å². The summed E-state index contributed by atoms with van der Waals surface area (Å²) in [4.78, 5) is 24.2. The molecule has 0 aliphatic heterocycles. The highest BCUT2D eigenvalue weighted by atomic mass is 16.5. The summed E-state index contributed by atoms with van der Waals surface area (Å²) in [6, 6.07) is 6.43. The summed E-state index contributed by atoms with van der Waals surface area (Å²) in [5, 5.41) is 0. The van der Waals surface area contributed by atoms with Gasteiger partial charge in [-0.1, -0.05) is 48.6 Å². The molecule has 0 fully saturated rings. The molecule has 0 atom stereocenters. The van der Waals surface area contributed by atoms with E-state index in [4.69, 9.17) is 9.47 Å². The topological polar surface area (TPSA) is 52.6 Å². The van der Waals surface area contributed by atoms with Crippen LogP contribution in [0.25, 0.3) is 0 Å². The van der Waals surface area contributed by atoms with Crippen molar-refractivity contribution < 1.29 is 19.1 Å². The standard InChI is InChI=1S/C20H22O4/c1-3-5-7-11-15-23-19(21)17-13-9-10-14-18(17)20(22)24-16-12-8-6-4-2/h3-4,7-14H,1-2,5-6,15-16H2. The molecule has 0 N–H and O–H groups in total. The Hall–Kier alpha value is -2.88. The van der Waals surface area contributed by atoms with E-state index >= 15 is 0 Å². The third kappa shape index (κ3) is 6.92. The zero-order chi connectivity index (χ0) is 17.6. The summed E-state index contributed by atoms with van der Waals surface area (Å²) < 4.78 is 10.3. The molecule has 0 unspecified atom stereocenters. The quantitative estimate of drug-likeness (QED) is 0.476. The lowest BCUT2D eigenvalue weighted by molar-refractivity contribution is 0.0502. The molecule has 0 aliphatic carbocycles. The molecule has 0 radical (unpaired) electrons. The van der Waals surface area contributed by atoms with Crippen LogP contribution in [0.1, 0.15) is 33.6 Å². The molecule has 0 bridgehead atoms. The van der Waals surface area contributed by atoms with E-state index in [0.29, 0.717) is 12.8 Å². The minimum atomic E-state index is -0.562. The maximum atomic E-state index is 12.1. The van der Waals surface area contributed by atoms with Gasteiger partial charge in [0.15, 0.2) is 0 Å². The first kappa shape index (κ1) is 19.2. The second-order valence-corrected chi connectivity index (χ2v) is 4.73. The van der Waals surface area contributed by atoms with Gasteiger partial charge < -0.3 is 9.47 Å². The van der Waals surface area contributed by atoms with Crippen molar-refractivity contribution in [3.8, 4) is 0 Å². The zero-order valence-electron chi connectivity index (χ0n) is 13.6. The van der Waals surface area contributed by atoms with E-state index in [9.17, 15) is 9.59 Å². The third-order valence-electron chi connectivity index (χ3n) is 2.93. The monoisotopic (exact) mass is 326 g/mol. The summed E-state index contributed by atoms with van der Waals surface area (Å²) >= 11 is 0. The highest BCUT2D eigenvalue weighted by Crippen LogP contribution is 2.12. The first-order valence-electron chi connectivity index (χ1n) is 7.65. The van der Waals surface area contributed by atoms with E-state index in [1.54, 1.807) is 48.6 Å². The van der Waals surface area contributed by atoms with E-state index in [-0.39, 0.29) is 24.3 Å². The molecule has 1 rings (SSSR count). The van der Waals surface area contributed by atoms with E-state index in [1.807, 2.05) is 12.2 Å². The summed E-state index contributed by atoms with van der Waals surface area (Å²) in [5.41, 5.74) is 0.379. The van der Waals surface area contributed by atoms with Gasteiger partial charge in [0.05, 0.1) is 11.1 Å². The Labute approximate surface area is 142 Å². The Balaban J connectivity index is 2.65. The van der Waals surface area contributed by atoms with Crippen LogP contribution in [0.5, 0.6) is 0 Å². The van der Waals surface area contributed by atoms with Gasteiger partial charge in [0.2, 0.25) is 0 Å². The number of hydrogen-bond acceptors (Lipinski definition) is 4. The molecule has 0 spiro atoms. The lowest BCUT2D eigenvalue weighted by Crippen LogP contribution is -2.14. The smallest absolute Gasteiger partial charge is 0.339 e. The molecule has 4 heteroatoms. The molecule has 0 amide bonds. The van der Waals surface area contributed by atoms with Gasteiger partial charge in [0.1, 0.15) is 13.2 Å². The fourth-order valence-corrected chi connectivity index (χ4v) is 1.76. The fourth-order valence-electron chi connectivity index (χ4n) is 1.76. The van der Waals surface area contributed by atoms with Gasteiger partial charge in [-0.25, -0.2) is 9.59 Å². The van der Waals surface area contributed by atoms with Crippen molar-refractivity contribution in [3.05, 3.63) is 85.0 Å². The molecule has 0 saturated carbocycles. The van der Waals surface area contributed by atoms with Crippen LogP contribution in [0.4, 0.5) is 0 Å². The van der Waals surface area contributed by atoms with E-state index in [2.05, 4.69) is 13.2 Å². The van der Waals surface area contributed by atoms with Crippen molar-refractivity contribution in [2.75, 3.05) is 13.2 Å². The summed E-state index contributed by atoms with van der Waals surface area (Å²) in [6.07, 6.45) is 12.0. The highest BCUT2D eigenvalue weighted by Gasteiger charge is 2.18. The third-order valence-corrected chi connectivity index (χ3v) is 2.93. The molecular formula is C20H22O4. The van der Waals surface area contributed by atoms with Crippen molar-refractivity contribution in [1.82, 2.24) is 0 Å². The Morgan fingerprint density at radius 1 is 0.792 bits per heavy atom. The summed E-state index contributed by atoms with van der Waals surface area (Å²) in [7, 11) is 0. The van der Waals surface area contributed by atoms with E-state index in [1.165, 1.54) is 0 Å². The van der Waals surface area contributed by atoms with E-state index in [0.717, 1.165) is 0 Å². The molecular weight excluding hydrogens is 304 g/mol. The van der Waals surface area contributed by atoms with Crippen LogP contribution in [0.15, 0.2) is 73.9 Å². The second-order valence-electron chi connectivity index (χ2n) is 4.73. The Bertz CT molecular complexity index is 571. The van der Waals surface area contributed by atoms with Crippen molar-refractivity contribution in [2.24, 2.45) is 0 Å². The summed E-state index contributed by atoms with van der Waals surface area (Å²) in [5.74, 6) is -1.12. The molecule has 1 aromatic rings. The zero-order valence-corrected chi connectivity index (χ0v) is 13.6. The van der Waals surface area contributed by atoms with Crippen LogP contribution >= 0.6 is 0 Å². The van der Waals surface area contributed by atoms with E-state index < -0.39 is 11.9 Å². The number of carbonyl (C=O) groups excluding carboxylic acids is 2. The molecule has 0 saturated heterocycles. The van der Waals surface area contributed by atoms with Crippen LogP contribution in [0, 0.1) is 0 Å². The number of allylic oxidation sites excluding steroid dienone is 4. The van der Waals surface area contributed by atoms with Crippen molar-refractivity contribution >= 4 is 11.9 Å². The molecule has 1 aromatic carbocycles. The van der Waals surface area contributed by atoms with Gasteiger partial charge in [-0.3, -0.25) is 0 Å². The molecule has 0 aromatic heterocycles. The molecule has 4 nitrogen and oxygen atoms in total. The maximum Gasteiger partial charge on any atom is 0.339 e. The normalized spacial score (nSPS) is 10.7. The van der Waals surface area contributed by atoms with Crippen LogP contribution < -0.4 is 0 Å². The molecule has 126 valence electrons. The van der Waals surface area contributed by atoms with Crippen LogP contribution in [-0.4, -0.2) is 25.2 Å². The number of benzene rings is 1. The predicted octanol–water partition coefficient (Wildman–Crippen LogP) is 4.26. The Kier molecular flexibility index (Phi) is 9.31. The lowest BCUT2D eigenvalue weighted by Gasteiger charge is -2.08. The fraction of sp³-hybridized carbons (Fsp3) is 0.200. The summed E-state index contributed by atoms with van der Waals surface area (Å²) in [6.45, 7) is 7.46. The second kappa shape index (κ2) is 11.7. The Morgan fingerprint density at radius 3 is 1.58 bits per heavy atom. The van der Waals surface area contributed by atoms with Crippen LogP contribution in [-0.2, 0) is 9.47 Å². The van der Waals surface area contributed by atoms with Crippen molar-refractivity contribution in [3.63, 3.8) is 0 Å². The van der Waals surface area contributed by atoms with Gasteiger partial charge >= 0.3 is 11.9 Å². The number of ether oxygens (including phenoxy) is 2. The van der Waals surface area contributed by atoms with Crippen LogP contribution in [0.2, 0.25) is 0 Å². The average Bonchev–Trinajstić information content (AvgIpc) is 2.61. The van der Waals surface area contributed by atoms with Crippen LogP contribution in [0.3, 0.4) is 0 Å². The lowest BCUT2D eigenvalue weighted by atomic mass is 10.1. The number of hydrogen-bond donors (Lipinski definition) is 0.